The lowest BCUT2D eigenvalue weighted by atomic mass is 9.92. The summed E-state index contributed by atoms with van der Waals surface area (Å²) in [5.41, 5.74) is 14.9. The Kier molecular flexibility index (Phi) is 27.7. The number of rotatable bonds is 12. The summed E-state index contributed by atoms with van der Waals surface area (Å²) in [6, 6.07) is 73.8. The lowest BCUT2D eigenvalue weighted by Gasteiger charge is -2.35. The van der Waals surface area contributed by atoms with Crippen molar-refractivity contribution in [1.29, 1.82) is 0 Å². The number of carbonyl (C=O) groups excluding carboxylic acids is 6. The van der Waals surface area contributed by atoms with E-state index in [9.17, 15) is 46.3 Å². The lowest BCUT2D eigenvalue weighted by Crippen LogP contribution is -2.42. The first-order chi connectivity index (χ1) is 65.2. The molecule has 16 aromatic rings. The molecule has 4 aliphatic rings. The molecular formula is C103H80Br2Cl4F4N8O14. The number of nitrogens with one attached hydrogen (secondary N) is 4. The standard InChI is InChI=1S/C26H20BrClN2O4.C26H20BrFN2O4.C26H23ClN2O4.C25H17Cl2F3N2O2/c1-33-25(31)16-8-6-15(7-9-16)24-23-18(19-14-17(27)10-11-21(19)29-23)12-13-30(24)26(32)34-22-5-3-2-4-20(22)28;1-33-25(31)16-4-2-15(3-5-16)24-23-20(21-14-17(27)6-11-22(21)29-23)12-13-30(24)26(32)34-19-9-7-18(28)8-10-19;1-31-18-7-3-16(4-8-18)25-24-21(22-15-20(32-2)11-12-23(22)28-24)13-14-29(25)26(30)33-19-9-5-17(27)6-10-19;26-16-9-10-20-18(13-16)17-11-12-32(24(33)34-21-4-2-1-3-19(21)27)23(22(17)31-20)14-5-7-15(8-6-14)25(28,29)30/h2*2-11,14,24,29H,12-13H2,1H3;3-12,15,25,28H,13-14H2,1-2H3;1-10,13,23,31H,11-12H2. The molecule has 12 aromatic carbocycles. The van der Waals surface area contributed by atoms with Gasteiger partial charge in [0, 0.05) is 112 Å². The average Bonchev–Trinajstić information content (AvgIpc) is 1.62. The number of hydrogen-bond donors (Lipinski definition) is 4. The Bertz CT molecular complexity index is 7170. The van der Waals surface area contributed by atoms with E-state index >= 15 is 0 Å². The monoisotopic (exact) mass is 2030 g/mol. The molecule has 0 bridgehead atoms. The highest BCUT2D eigenvalue weighted by Crippen LogP contribution is 2.47. The Hall–Kier alpha value is -13.7. The minimum Gasteiger partial charge on any atom is -0.497 e. The fraction of sp³-hybridized carbons (Fsp3) is 0.165. The number of alkyl halides is 3. The second kappa shape index (κ2) is 40.2. The Morgan fingerprint density at radius 1 is 0.348 bits per heavy atom. The van der Waals surface area contributed by atoms with Gasteiger partial charge in [-0.1, -0.05) is 151 Å². The van der Waals surface area contributed by atoms with Crippen LogP contribution in [-0.4, -0.2) is 130 Å². The topological polar surface area (TPSA) is 252 Å². The Labute approximate surface area is 807 Å². The molecule has 4 N–H and O–H groups in total. The van der Waals surface area contributed by atoms with Crippen LogP contribution in [0.4, 0.5) is 36.7 Å². The number of fused-ring (bicyclic) bond motifs is 12. The van der Waals surface area contributed by atoms with Crippen molar-refractivity contribution in [2.45, 2.75) is 56.0 Å². The van der Waals surface area contributed by atoms with Crippen LogP contribution in [0.5, 0.6) is 34.5 Å². The lowest BCUT2D eigenvalue weighted by molar-refractivity contribution is -0.137. The van der Waals surface area contributed by atoms with Gasteiger partial charge in [0.2, 0.25) is 0 Å². The van der Waals surface area contributed by atoms with Crippen LogP contribution < -0.4 is 28.4 Å². The zero-order valence-corrected chi connectivity index (χ0v) is 78.3. The van der Waals surface area contributed by atoms with E-state index in [1.165, 1.54) is 61.1 Å². The molecule has 20 rings (SSSR count). The number of nitrogens with zero attached hydrogens (tertiary/aromatic N) is 4. The van der Waals surface area contributed by atoms with Gasteiger partial charge in [-0.05, 0) is 264 Å². The SMILES string of the molecule is COC(=O)c1ccc(C2c3[nH]c4ccc(Br)cc4c3CCN2C(=O)Oc2ccc(F)cc2)cc1.COC(=O)c1ccc(C2c3[nH]c4ccc(Br)cc4c3CCN2C(=O)Oc2ccccc2Cl)cc1.COc1ccc(C2c3[nH]c4ccc(OC)cc4c3CCN2C(=O)Oc2ccc(Cl)cc2)cc1.O=C(Oc1ccccc1Cl)N1CCc2c([nH]c3ccc(Cl)cc23)C1c1ccc(C(F)(F)F)cc1. The molecule has 4 aliphatic heterocycles. The molecule has 4 aromatic heterocycles. The third-order valence-corrected chi connectivity index (χ3v) is 26.0. The van der Waals surface area contributed by atoms with Gasteiger partial charge < -0.3 is 57.8 Å². The Morgan fingerprint density at radius 2 is 0.659 bits per heavy atom. The summed E-state index contributed by atoms with van der Waals surface area (Å²) < 4.78 is 97.6. The van der Waals surface area contributed by atoms with Crippen molar-refractivity contribution >= 4 is 158 Å². The van der Waals surface area contributed by atoms with Crippen molar-refractivity contribution in [3.63, 3.8) is 0 Å². The molecule has 0 saturated carbocycles. The van der Waals surface area contributed by atoms with Gasteiger partial charge in [-0.3, -0.25) is 19.6 Å². The van der Waals surface area contributed by atoms with E-state index in [1.807, 2.05) is 103 Å². The number of methoxy groups -OCH3 is 4. The average molecular weight is 2030 g/mol. The molecule has 0 radical (unpaired) electrons. The number of amides is 4. The summed E-state index contributed by atoms with van der Waals surface area (Å²) in [5, 5.41) is 6.02. The number of benzene rings is 12. The van der Waals surface area contributed by atoms with Gasteiger partial charge in [0.25, 0.3) is 0 Å². The molecule has 686 valence electrons. The number of ether oxygens (including phenoxy) is 8. The summed E-state index contributed by atoms with van der Waals surface area (Å²) in [6.07, 6.45) is -4.05. The van der Waals surface area contributed by atoms with E-state index in [0.717, 1.165) is 127 Å². The molecule has 32 heteroatoms. The van der Waals surface area contributed by atoms with E-state index < -0.39 is 72.0 Å². The van der Waals surface area contributed by atoms with Crippen LogP contribution in [0.15, 0.2) is 276 Å². The molecular weight excluding hydrogens is 1950 g/mol. The maximum atomic E-state index is 13.4. The smallest absolute Gasteiger partial charge is 0.416 e. The van der Waals surface area contributed by atoms with Crippen molar-refractivity contribution in [2.75, 3.05) is 54.6 Å². The number of halogens is 10. The highest BCUT2D eigenvalue weighted by Gasteiger charge is 2.42. The van der Waals surface area contributed by atoms with Crippen LogP contribution in [0.1, 0.15) is 118 Å². The predicted molar refractivity (Wildman–Crippen MR) is 514 cm³/mol. The predicted octanol–water partition coefficient (Wildman–Crippen LogP) is 26.1. The largest absolute Gasteiger partial charge is 0.497 e. The van der Waals surface area contributed by atoms with E-state index in [2.05, 4.69) is 63.9 Å². The van der Waals surface area contributed by atoms with Crippen LogP contribution in [0.2, 0.25) is 20.1 Å². The second-order valence-electron chi connectivity index (χ2n) is 31.8. The van der Waals surface area contributed by atoms with Crippen molar-refractivity contribution < 1.29 is 84.2 Å². The van der Waals surface area contributed by atoms with Crippen molar-refractivity contribution in [2.24, 2.45) is 0 Å². The Morgan fingerprint density at radius 3 is 1.03 bits per heavy atom. The Balaban J connectivity index is 0.000000125. The van der Waals surface area contributed by atoms with Crippen LogP contribution in [0.3, 0.4) is 0 Å². The maximum Gasteiger partial charge on any atom is 0.416 e. The van der Waals surface area contributed by atoms with Crippen LogP contribution >= 0.6 is 78.3 Å². The minimum absolute atomic E-state index is 0.203. The molecule has 4 amide bonds. The number of carbonyl (C=O) groups is 6. The fourth-order valence-corrected chi connectivity index (χ4v) is 18.9. The summed E-state index contributed by atoms with van der Waals surface area (Å²) in [6.45, 7) is 1.69. The van der Waals surface area contributed by atoms with E-state index in [1.54, 1.807) is 132 Å². The van der Waals surface area contributed by atoms with Gasteiger partial charge in [0.1, 0.15) is 53.0 Å². The van der Waals surface area contributed by atoms with Crippen molar-refractivity contribution in [3.05, 3.63) is 386 Å². The molecule has 0 saturated heterocycles. The first kappa shape index (κ1) is 93.1. The third kappa shape index (κ3) is 20.0. The maximum absolute atomic E-state index is 13.4. The molecule has 0 spiro atoms. The van der Waals surface area contributed by atoms with Gasteiger partial charge in [-0.15, -0.1) is 0 Å². The summed E-state index contributed by atoms with van der Waals surface area (Å²) >= 11 is 31.6. The number of para-hydroxylation sites is 2. The third-order valence-electron chi connectivity index (χ3n) is 23.9. The molecule has 4 unspecified atom stereocenters. The molecule has 8 heterocycles. The number of esters is 2. The number of hydrogen-bond acceptors (Lipinski definition) is 14. The molecule has 4 atom stereocenters. The number of aromatic amines is 4. The summed E-state index contributed by atoms with van der Waals surface area (Å²) in [7, 11) is 5.97. The highest BCUT2D eigenvalue weighted by molar-refractivity contribution is 9.10. The van der Waals surface area contributed by atoms with Gasteiger partial charge >= 0.3 is 42.5 Å². The van der Waals surface area contributed by atoms with E-state index in [0.29, 0.717) is 101 Å². The number of aromatic nitrogens is 4. The first-order valence-electron chi connectivity index (χ1n) is 42.4. The quantitative estimate of drug-likeness (QED) is 0.0656. The van der Waals surface area contributed by atoms with Crippen LogP contribution in [-0.2, 0) is 41.3 Å². The summed E-state index contributed by atoms with van der Waals surface area (Å²) in [5.74, 6) is 1.52. The second-order valence-corrected chi connectivity index (χ2v) is 35.3. The van der Waals surface area contributed by atoms with Crippen molar-refractivity contribution in [3.8, 4) is 34.5 Å². The number of H-pyrrole nitrogens is 4. The molecule has 135 heavy (non-hydrogen) atoms. The molecule has 22 nitrogen and oxygen atoms in total. The highest BCUT2D eigenvalue weighted by atomic mass is 79.9. The van der Waals surface area contributed by atoms with Gasteiger partial charge in [-0.2, -0.15) is 13.2 Å². The summed E-state index contributed by atoms with van der Waals surface area (Å²) in [4.78, 5) is 97.4. The van der Waals surface area contributed by atoms with E-state index in [4.69, 9.17) is 84.3 Å². The van der Waals surface area contributed by atoms with Gasteiger partial charge in [0.05, 0.1) is 55.2 Å². The first-order valence-corrected chi connectivity index (χ1v) is 45.5. The van der Waals surface area contributed by atoms with Crippen LogP contribution in [0.25, 0.3) is 43.6 Å². The normalized spacial score (nSPS) is 15.4. The molecule has 0 aliphatic carbocycles. The van der Waals surface area contributed by atoms with Gasteiger partial charge in [0.15, 0.2) is 11.5 Å². The van der Waals surface area contributed by atoms with E-state index in [-0.39, 0.29) is 22.6 Å². The zero-order chi connectivity index (χ0) is 94.6. The minimum atomic E-state index is -4.46. The fourth-order valence-electron chi connectivity index (χ4n) is 17.5. The zero-order valence-electron chi connectivity index (χ0n) is 72.2. The van der Waals surface area contributed by atoms with Crippen molar-refractivity contribution in [1.82, 2.24) is 39.5 Å². The van der Waals surface area contributed by atoms with Crippen LogP contribution in [0, 0.1) is 5.82 Å². The molecule has 0 fully saturated rings. The van der Waals surface area contributed by atoms with Gasteiger partial charge in [-0.25, -0.2) is 33.2 Å².